The Kier molecular flexibility index (Phi) is 4.99. The average Bonchev–Trinajstić information content (AvgIpc) is 3.33. The predicted octanol–water partition coefficient (Wildman–Crippen LogP) is 5.17. The molecule has 1 aliphatic heterocycles. The lowest BCUT2D eigenvalue weighted by molar-refractivity contribution is -0.137. The molecule has 10 heteroatoms. The molecule has 4 heterocycles. The Morgan fingerprint density at radius 1 is 1.34 bits per heavy atom. The maximum atomic E-state index is 13.0. The first kappa shape index (κ1) is 19.7. The van der Waals surface area contributed by atoms with Gasteiger partial charge in [0.1, 0.15) is 5.82 Å². The summed E-state index contributed by atoms with van der Waals surface area (Å²) in [6.07, 6.45) is 0.0000495. The predicted molar refractivity (Wildman–Crippen MR) is 109 cm³/mol. The molecule has 5 nitrogen and oxygen atoms in total. The molecule has 3 aromatic rings. The van der Waals surface area contributed by atoms with Gasteiger partial charge < -0.3 is 9.88 Å². The number of thioether (sulfide) groups is 1. The fourth-order valence-corrected chi connectivity index (χ4v) is 4.52. The zero-order chi connectivity index (χ0) is 20.8. The van der Waals surface area contributed by atoms with E-state index >= 15 is 0 Å². The lowest BCUT2D eigenvalue weighted by Crippen LogP contribution is -2.04. The van der Waals surface area contributed by atoms with Gasteiger partial charge in [0.05, 0.1) is 21.7 Å². The number of fused-ring (bicyclic) bond motifs is 1. The van der Waals surface area contributed by atoms with Gasteiger partial charge in [0.25, 0.3) is 5.91 Å². The van der Waals surface area contributed by atoms with Gasteiger partial charge >= 0.3 is 6.18 Å². The van der Waals surface area contributed by atoms with Gasteiger partial charge in [-0.15, -0.1) is 11.3 Å². The third kappa shape index (κ3) is 3.82. The third-order valence-electron chi connectivity index (χ3n) is 4.30. The van der Waals surface area contributed by atoms with Crippen molar-refractivity contribution < 1.29 is 18.0 Å². The topological polar surface area (TPSA) is 59.8 Å². The van der Waals surface area contributed by atoms with Gasteiger partial charge in [-0.05, 0) is 30.0 Å². The summed E-state index contributed by atoms with van der Waals surface area (Å²) in [5.41, 5.74) is 0.825. The number of aryl methyl sites for hydroxylation is 1. The van der Waals surface area contributed by atoms with Gasteiger partial charge in [-0.3, -0.25) is 4.79 Å². The van der Waals surface area contributed by atoms with Crippen molar-refractivity contribution in [2.45, 2.75) is 18.3 Å². The smallest absolute Gasteiger partial charge is 0.349 e. The van der Waals surface area contributed by atoms with E-state index in [0.29, 0.717) is 32.7 Å². The van der Waals surface area contributed by atoms with Crippen molar-refractivity contribution >= 4 is 46.5 Å². The van der Waals surface area contributed by atoms with Crippen molar-refractivity contribution in [2.75, 3.05) is 11.1 Å². The number of nitrogens with zero attached hydrogens (tertiary/aromatic N) is 3. The van der Waals surface area contributed by atoms with Crippen LogP contribution in [0.3, 0.4) is 0 Å². The fraction of sp³-hybridized carbons (Fsp3) is 0.211. The van der Waals surface area contributed by atoms with E-state index in [1.807, 2.05) is 6.92 Å². The van der Waals surface area contributed by atoms with Gasteiger partial charge in [-0.2, -0.15) is 13.2 Å². The van der Waals surface area contributed by atoms with Crippen LogP contribution in [0.5, 0.6) is 0 Å². The zero-order valence-corrected chi connectivity index (χ0v) is 17.0. The number of amides is 1. The molecular weight excluding hydrogens is 421 g/mol. The Morgan fingerprint density at radius 2 is 2.14 bits per heavy atom. The number of thiophene rings is 1. The number of carbonyl (C=O) groups is 1. The summed E-state index contributed by atoms with van der Waals surface area (Å²) in [5, 5.41) is 3.33. The van der Waals surface area contributed by atoms with Crippen LogP contribution in [0.2, 0.25) is 0 Å². The molecule has 0 saturated carbocycles. The molecule has 29 heavy (non-hydrogen) atoms. The Labute approximate surface area is 172 Å². The molecule has 150 valence electrons. The number of halogens is 3. The molecule has 0 unspecified atom stereocenters. The van der Waals surface area contributed by atoms with E-state index in [4.69, 9.17) is 0 Å². The Hall–Kier alpha value is -2.59. The van der Waals surface area contributed by atoms with Crippen LogP contribution in [-0.4, -0.2) is 26.2 Å². The van der Waals surface area contributed by atoms with Crippen LogP contribution < -0.4 is 5.32 Å². The number of carbonyl (C=O) groups excluding carboxylic acids is 1. The second-order valence-corrected chi connectivity index (χ2v) is 8.63. The Morgan fingerprint density at radius 3 is 2.83 bits per heavy atom. The first-order valence-corrected chi connectivity index (χ1v) is 10.4. The summed E-state index contributed by atoms with van der Waals surface area (Å²) in [4.78, 5) is 22.4. The lowest BCUT2D eigenvalue weighted by Gasteiger charge is -2.00. The lowest BCUT2D eigenvalue weighted by atomic mass is 10.1. The number of alkyl halides is 3. The van der Waals surface area contributed by atoms with Crippen LogP contribution in [0.1, 0.15) is 22.9 Å². The Balaban J connectivity index is 1.66. The summed E-state index contributed by atoms with van der Waals surface area (Å²) < 4.78 is 40.3. The molecule has 1 N–H and O–H groups in total. The molecule has 3 aromatic heterocycles. The monoisotopic (exact) mass is 436 g/mol. The zero-order valence-electron chi connectivity index (χ0n) is 15.4. The van der Waals surface area contributed by atoms with E-state index in [0.717, 1.165) is 22.9 Å². The molecule has 1 aliphatic rings. The van der Waals surface area contributed by atoms with Gasteiger partial charge in [-0.25, -0.2) is 9.97 Å². The third-order valence-corrected chi connectivity index (χ3v) is 6.10. The maximum absolute atomic E-state index is 13.0. The molecule has 1 amide bonds. The SMILES string of the molecule is CCSc1ncc2c(n1)NC(=O)C2=Cc1ccc(-c2cc(C(F)(F)F)cn2C)s1. The van der Waals surface area contributed by atoms with Crippen LogP contribution >= 0.6 is 23.1 Å². The van der Waals surface area contributed by atoms with E-state index in [9.17, 15) is 18.0 Å². The normalized spacial score (nSPS) is 15.1. The number of anilines is 1. The second-order valence-electron chi connectivity index (χ2n) is 6.28. The number of hydrogen-bond donors (Lipinski definition) is 1. The minimum absolute atomic E-state index is 0.277. The molecule has 0 spiro atoms. The van der Waals surface area contributed by atoms with Gasteiger partial charge in [-0.1, -0.05) is 18.7 Å². The standard InChI is InChI=1S/C19H15F3N4OS2/c1-3-28-18-23-8-13-12(17(27)24-16(13)25-18)7-11-4-5-15(29-11)14-6-10(9-26(14)2)19(20,21)22/h4-9H,3H2,1-2H3,(H,23,24,25,27). The van der Waals surface area contributed by atoms with Gasteiger partial charge in [0.15, 0.2) is 5.16 Å². The minimum atomic E-state index is -4.39. The van der Waals surface area contributed by atoms with Crippen molar-refractivity contribution in [1.29, 1.82) is 0 Å². The van der Waals surface area contributed by atoms with Crippen LogP contribution in [0.25, 0.3) is 22.2 Å². The van der Waals surface area contributed by atoms with Crippen LogP contribution in [0.15, 0.2) is 35.7 Å². The first-order chi connectivity index (χ1) is 13.8. The second kappa shape index (κ2) is 7.34. The molecule has 0 aromatic carbocycles. The van der Waals surface area contributed by atoms with Crippen molar-refractivity contribution in [1.82, 2.24) is 14.5 Å². The number of hydrogen-bond acceptors (Lipinski definition) is 5. The van der Waals surface area contributed by atoms with E-state index in [-0.39, 0.29) is 5.91 Å². The largest absolute Gasteiger partial charge is 0.417 e. The van der Waals surface area contributed by atoms with E-state index in [1.54, 1.807) is 31.5 Å². The summed E-state index contributed by atoms with van der Waals surface area (Å²) in [6.45, 7) is 1.99. The summed E-state index contributed by atoms with van der Waals surface area (Å²) >= 11 is 2.79. The molecular formula is C19H15F3N4OS2. The molecule has 0 saturated heterocycles. The quantitative estimate of drug-likeness (QED) is 0.348. The number of aromatic nitrogens is 3. The van der Waals surface area contributed by atoms with E-state index < -0.39 is 11.7 Å². The molecule has 4 rings (SSSR count). The highest BCUT2D eigenvalue weighted by molar-refractivity contribution is 7.99. The van der Waals surface area contributed by atoms with Crippen molar-refractivity contribution in [3.8, 4) is 10.6 Å². The Bertz CT molecular complexity index is 1130. The number of rotatable bonds is 4. The maximum Gasteiger partial charge on any atom is 0.417 e. The highest BCUT2D eigenvalue weighted by Crippen LogP contribution is 2.38. The van der Waals surface area contributed by atoms with Crippen molar-refractivity contribution in [2.24, 2.45) is 7.05 Å². The van der Waals surface area contributed by atoms with Gasteiger partial charge in [0, 0.05) is 29.9 Å². The van der Waals surface area contributed by atoms with Crippen LogP contribution in [0.4, 0.5) is 19.0 Å². The first-order valence-electron chi connectivity index (χ1n) is 8.63. The molecule has 0 fully saturated rings. The fourth-order valence-electron chi connectivity index (χ4n) is 2.97. The minimum Gasteiger partial charge on any atom is -0.349 e. The van der Waals surface area contributed by atoms with Crippen LogP contribution in [0, 0.1) is 0 Å². The van der Waals surface area contributed by atoms with Gasteiger partial charge in [0.2, 0.25) is 0 Å². The molecule has 0 atom stereocenters. The molecule has 0 bridgehead atoms. The van der Waals surface area contributed by atoms with Crippen molar-refractivity contribution in [3.63, 3.8) is 0 Å². The van der Waals surface area contributed by atoms with Crippen molar-refractivity contribution in [3.05, 3.63) is 46.6 Å². The van der Waals surface area contributed by atoms with Crippen LogP contribution in [-0.2, 0) is 18.0 Å². The molecule has 0 aliphatic carbocycles. The number of nitrogens with one attached hydrogen (secondary N) is 1. The summed E-state index contributed by atoms with van der Waals surface area (Å²) in [7, 11) is 1.58. The highest BCUT2D eigenvalue weighted by Gasteiger charge is 2.32. The average molecular weight is 436 g/mol. The molecule has 0 radical (unpaired) electrons. The summed E-state index contributed by atoms with van der Waals surface area (Å²) in [5.74, 6) is 1.02. The highest BCUT2D eigenvalue weighted by atomic mass is 32.2. The van der Waals surface area contributed by atoms with E-state index in [2.05, 4.69) is 15.3 Å². The summed E-state index contributed by atoms with van der Waals surface area (Å²) in [6, 6.07) is 4.65. The van der Waals surface area contributed by atoms with E-state index in [1.165, 1.54) is 27.7 Å².